The first-order valence-corrected chi connectivity index (χ1v) is 8.28. The highest BCUT2D eigenvalue weighted by Crippen LogP contribution is 2.26. The smallest absolute Gasteiger partial charge is 0.243 e. The fraction of sp³-hybridized carbons (Fsp3) is 0.385. The van der Waals surface area contributed by atoms with Gasteiger partial charge >= 0.3 is 0 Å². The Kier molecular flexibility index (Phi) is 4.31. The second kappa shape index (κ2) is 5.70. The second-order valence-electron chi connectivity index (χ2n) is 5.10. The van der Waals surface area contributed by atoms with Crippen molar-refractivity contribution in [1.82, 2.24) is 4.31 Å². The Labute approximate surface area is 129 Å². The fourth-order valence-corrected chi connectivity index (χ4v) is 4.23. The Hall–Kier alpha value is -1.51. The number of hydrogen-bond acceptors (Lipinski definition) is 4. The average Bonchev–Trinajstić information content (AvgIpc) is 2.89. The Morgan fingerprint density at radius 2 is 2.05 bits per heavy atom. The first kappa shape index (κ1) is 15.9. The van der Waals surface area contributed by atoms with Gasteiger partial charge in [-0.25, -0.2) is 8.42 Å². The molecule has 1 aromatic rings. The van der Waals surface area contributed by atoms with E-state index in [0.29, 0.717) is 17.5 Å². The van der Waals surface area contributed by atoms with Gasteiger partial charge in [0.1, 0.15) is 4.99 Å². The van der Waals surface area contributed by atoms with E-state index in [9.17, 15) is 13.2 Å². The summed E-state index contributed by atoms with van der Waals surface area (Å²) in [6.07, 6.45) is 0.447. The quantitative estimate of drug-likeness (QED) is 0.764. The maximum absolute atomic E-state index is 12.7. The van der Waals surface area contributed by atoms with Crippen molar-refractivity contribution < 1.29 is 13.2 Å². The number of benzene rings is 1. The lowest BCUT2D eigenvalue weighted by Crippen LogP contribution is -2.32. The Balaban J connectivity index is 2.39. The molecule has 1 atom stereocenters. The number of sulfonamides is 1. The fourth-order valence-electron chi connectivity index (χ4n) is 2.35. The van der Waals surface area contributed by atoms with Crippen LogP contribution in [0.4, 0.5) is 0 Å². The summed E-state index contributed by atoms with van der Waals surface area (Å²) < 4.78 is 26.7. The van der Waals surface area contributed by atoms with Gasteiger partial charge in [-0.1, -0.05) is 24.4 Å². The molecule has 1 saturated heterocycles. The van der Waals surface area contributed by atoms with Gasteiger partial charge in [-0.05, 0) is 25.0 Å². The molecule has 4 N–H and O–H groups in total. The van der Waals surface area contributed by atoms with Crippen LogP contribution in [0.15, 0.2) is 23.1 Å². The molecule has 1 amide bonds. The molecule has 0 aromatic heterocycles. The highest BCUT2D eigenvalue weighted by atomic mass is 32.2. The number of nitrogens with two attached hydrogens (primary N) is 2. The van der Waals surface area contributed by atoms with Crippen molar-refractivity contribution in [3.8, 4) is 0 Å². The molecule has 1 fully saturated rings. The summed E-state index contributed by atoms with van der Waals surface area (Å²) in [6, 6.07) is 4.83. The Morgan fingerprint density at radius 1 is 1.38 bits per heavy atom. The monoisotopic (exact) mass is 327 g/mol. The van der Waals surface area contributed by atoms with Crippen molar-refractivity contribution in [2.45, 2.75) is 18.2 Å². The molecule has 114 valence electrons. The third-order valence-corrected chi connectivity index (χ3v) is 5.89. The molecular weight excluding hydrogens is 310 g/mol. The molecule has 0 saturated carbocycles. The van der Waals surface area contributed by atoms with Crippen LogP contribution in [0, 0.1) is 12.8 Å². The molecule has 0 radical (unpaired) electrons. The van der Waals surface area contributed by atoms with Gasteiger partial charge in [-0.3, -0.25) is 4.79 Å². The van der Waals surface area contributed by atoms with E-state index >= 15 is 0 Å². The van der Waals surface area contributed by atoms with E-state index in [4.69, 9.17) is 23.7 Å². The summed E-state index contributed by atoms with van der Waals surface area (Å²) in [7, 11) is -3.68. The zero-order valence-corrected chi connectivity index (χ0v) is 13.2. The van der Waals surface area contributed by atoms with Crippen LogP contribution in [-0.2, 0) is 14.8 Å². The van der Waals surface area contributed by atoms with Gasteiger partial charge in [-0.15, -0.1) is 0 Å². The van der Waals surface area contributed by atoms with Gasteiger partial charge < -0.3 is 11.5 Å². The molecular formula is C13H17N3O3S2. The minimum Gasteiger partial charge on any atom is -0.389 e. The standard InChI is InChI=1S/C13H17N3O3S2/c1-8-2-3-9(13(15)20)6-11(8)21(18,19)16-5-4-10(7-16)12(14)17/h2-3,6,10H,4-5,7H2,1H3,(H2,14,17)(H2,15,20). The number of nitrogens with zero attached hydrogens (tertiary/aromatic N) is 1. The summed E-state index contributed by atoms with van der Waals surface area (Å²) in [5.74, 6) is -0.903. The van der Waals surface area contributed by atoms with Crippen LogP contribution < -0.4 is 11.5 Å². The number of carbonyl (C=O) groups excluding carboxylic acids is 1. The van der Waals surface area contributed by atoms with E-state index in [2.05, 4.69) is 0 Å². The number of amides is 1. The minimum atomic E-state index is -3.68. The van der Waals surface area contributed by atoms with Gasteiger partial charge in [-0.2, -0.15) is 4.31 Å². The van der Waals surface area contributed by atoms with E-state index in [1.165, 1.54) is 10.4 Å². The van der Waals surface area contributed by atoms with E-state index in [1.54, 1.807) is 19.1 Å². The van der Waals surface area contributed by atoms with Crippen LogP contribution in [0.2, 0.25) is 0 Å². The summed E-state index contributed by atoms with van der Waals surface area (Å²) in [6.45, 7) is 2.11. The number of thiocarbonyl (C=S) groups is 1. The summed E-state index contributed by atoms with van der Waals surface area (Å²) in [5, 5.41) is 0. The first-order chi connectivity index (χ1) is 9.73. The molecule has 1 aliphatic rings. The van der Waals surface area contributed by atoms with Crippen LogP contribution in [-0.4, -0.2) is 36.7 Å². The van der Waals surface area contributed by atoms with Gasteiger partial charge in [0.05, 0.1) is 10.8 Å². The van der Waals surface area contributed by atoms with E-state index in [-0.39, 0.29) is 23.0 Å². The molecule has 1 unspecified atom stereocenters. The Morgan fingerprint density at radius 3 is 2.57 bits per heavy atom. The maximum Gasteiger partial charge on any atom is 0.243 e. The summed E-state index contributed by atoms with van der Waals surface area (Å²) in [4.78, 5) is 11.5. The van der Waals surface area contributed by atoms with E-state index < -0.39 is 21.8 Å². The molecule has 1 aromatic carbocycles. The van der Waals surface area contributed by atoms with Crippen LogP contribution in [0.5, 0.6) is 0 Å². The topological polar surface area (TPSA) is 106 Å². The van der Waals surface area contributed by atoms with Crippen LogP contribution in [0.3, 0.4) is 0 Å². The maximum atomic E-state index is 12.7. The lowest BCUT2D eigenvalue weighted by atomic mass is 10.1. The highest BCUT2D eigenvalue weighted by molar-refractivity contribution is 7.89. The van der Waals surface area contributed by atoms with Gasteiger partial charge in [0.2, 0.25) is 15.9 Å². The third kappa shape index (κ3) is 3.07. The molecule has 1 aliphatic heterocycles. The average molecular weight is 327 g/mol. The van der Waals surface area contributed by atoms with Crippen molar-refractivity contribution >= 4 is 33.1 Å². The molecule has 2 rings (SSSR count). The van der Waals surface area contributed by atoms with Gasteiger partial charge in [0.15, 0.2) is 0 Å². The molecule has 0 spiro atoms. The normalized spacial score (nSPS) is 19.6. The van der Waals surface area contributed by atoms with Crippen molar-refractivity contribution in [2.24, 2.45) is 17.4 Å². The van der Waals surface area contributed by atoms with E-state index in [0.717, 1.165) is 0 Å². The van der Waals surface area contributed by atoms with E-state index in [1.807, 2.05) is 0 Å². The number of rotatable bonds is 4. The molecule has 0 bridgehead atoms. The number of carbonyl (C=O) groups is 1. The Bertz CT molecular complexity index is 701. The van der Waals surface area contributed by atoms with Crippen molar-refractivity contribution in [3.05, 3.63) is 29.3 Å². The summed E-state index contributed by atoms with van der Waals surface area (Å²) in [5.41, 5.74) is 11.9. The zero-order valence-electron chi connectivity index (χ0n) is 11.6. The first-order valence-electron chi connectivity index (χ1n) is 6.43. The van der Waals surface area contributed by atoms with Gasteiger partial charge in [0, 0.05) is 18.7 Å². The molecule has 1 heterocycles. The number of aryl methyl sites for hydroxylation is 1. The lowest BCUT2D eigenvalue weighted by Gasteiger charge is -2.18. The molecule has 8 heteroatoms. The number of primary amides is 1. The minimum absolute atomic E-state index is 0.119. The van der Waals surface area contributed by atoms with Crippen LogP contribution in [0.25, 0.3) is 0 Å². The zero-order chi connectivity index (χ0) is 15.8. The van der Waals surface area contributed by atoms with Crippen LogP contribution in [0.1, 0.15) is 17.5 Å². The predicted molar refractivity (Wildman–Crippen MR) is 83.1 cm³/mol. The largest absolute Gasteiger partial charge is 0.389 e. The molecule has 6 nitrogen and oxygen atoms in total. The summed E-state index contributed by atoms with van der Waals surface area (Å²) >= 11 is 4.88. The van der Waals surface area contributed by atoms with Crippen LogP contribution >= 0.6 is 12.2 Å². The van der Waals surface area contributed by atoms with Crippen molar-refractivity contribution in [2.75, 3.05) is 13.1 Å². The highest BCUT2D eigenvalue weighted by Gasteiger charge is 2.35. The van der Waals surface area contributed by atoms with Gasteiger partial charge in [0.25, 0.3) is 0 Å². The molecule has 0 aliphatic carbocycles. The third-order valence-electron chi connectivity index (χ3n) is 3.64. The molecule has 21 heavy (non-hydrogen) atoms. The second-order valence-corrected chi connectivity index (χ2v) is 7.44. The number of hydrogen-bond donors (Lipinski definition) is 2. The van der Waals surface area contributed by atoms with Crippen molar-refractivity contribution in [3.63, 3.8) is 0 Å². The lowest BCUT2D eigenvalue weighted by molar-refractivity contribution is -0.121. The SMILES string of the molecule is Cc1ccc(C(N)=S)cc1S(=O)(=O)N1CCC(C(N)=O)C1. The predicted octanol–water partition coefficient (Wildman–Crippen LogP) is 0.125. The van der Waals surface area contributed by atoms with Crippen molar-refractivity contribution in [1.29, 1.82) is 0 Å².